The quantitative estimate of drug-likeness (QED) is 0.584. The minimum absolute atomic E-state index is 0.0183. The Morgan fingerprint density at radius 1 is 1.38 bits per heavy atom. The van der Waals surface area contributed by atoms with E-state index in [1.807, 2.05) is 19.9 Å². The van der Waals surface area contributed by atoms with Gasteiger partial charge in [0.05, 0.1) is 5.38 Å². The summed E-state index contributed by atoms with van der Waals surface area (Å²) in [6.07, 6.45) is 0. The van der Waals surface area contributed by atoms with Crippen molar-refractivity contribution in [2.75, 3.05) is 0 Å². The molecule has 0 aliphatic heterocycles. The summed E-state index contributed by atoms with van der Waals surface area (Å²) in [5.41, 5.74) is 2.93. The van der Waals surface area contributed by atoms with Gasteiger partial charge in [0, 0.05) is 23.5 Å². The zero-order valence-electron chi connectivity index (χ0n) is 10.7. The molecule has 0 aromatic carbocycles. The van der Waals surface area contributed by atoms with Crippen LogP contribution in [0, 0.1) is 19.8 Å². The molecular formula is C13H20ClNO. The van der Waals surface area contributed by atoms with Crippen LogP contribution in [0.4, 0.5) is 0 Å². The van der Waals surface area contributed by atoms with Gasteiger partial charge in [-0.2, -0.15) is 0 Å². The van der Waals surface area contributed by atoms with Crippen LogP contribution in [-0.2, 0) is 6.54 Å². The third-order valence-electron chi connectivity index (χ3n) is 2.75. The Bertz CT molecular complexity index is 391. The number of carbonyl (C=O) groups excluding carboxylic acids is 1. The highest BCUT2D eigenvalue weighted by Gasteiger charge is 2.19. The normalized spacial score (nSPS) is 13.2. The maximum absolute atomic E-state index is 11.9. The first kappa shape index (κ1) is 13.3. The SMILES string of the molecule is Cc1cc(C(=O)C(C)Cl)c(C)n1CC(C)C. The van der Waals surface area contributed by atoms with Gasteiger partial charge in [0.1, 0.15) is 0 Å². The van der Waals surface area contributed by atoms with Gasteiger partial charge in [-0.1, -0.05) is 13.8 Å². The van der Waals surface area contributed by atoms with Gasteiger partial charge in [-0.25, -0.2) is 0 Å². The Labute approximate surface area is 103 Å². The number of aromatic nitrogens is 1. The van der Waals surface area contributed by atoms with Crippen LogP contribution < -0.4 is 0 Å². The van der Waals surface area contributed by atoms with Gasteiger partial charge in [0.2, 0.25) is 0 Å². The lowest BCUT2D eigenvalue weighted by atomic mass is 10.1. The molecule has 0 aliphatic rings. The Kier molecular flexibility index (Phi) is 4.20. The predicted molar refractivity (Wildman–Crippen MR) is 68.4 cm³/mol. The number of alkyl halides is 1. The average molecular weight is 242 g/mol. The number of hydrogen-bond acceptors (Lipinski definition) is 1. The Morgan fingerprint density at radius 2 is 1.94 bits per heavy atom. The molecule has 1 unspecified atom stereocenters. The van der Waals surface area contributed by atoms with Crippen LogP contribution in [0.1, 0.15) is 42.5 Å². The van der Waals surface area contributed by atoms with Gasteiger partial charge in [-0.15, -0.1) is 11.6 Å². The molecule has 90 valence electrons. The number of hydrogen-bond donors (Lipinski definition) is 0. The highest BCUT2D eigenvalue weighted by atomic mass is 35.5. The molecule has 0 radical (unpaired) electrons. The van der Waals surface area contributed by atoms with Gasteiger partial charge < -0.3 is 4.57 Å². The molecule has 0 fully saturated rings. The van der Waals surface area contributed by atoms with Crippen molar-refractivity contribution in [3.8, 4) is 0 Å². The molecule has 0 saturated carbocycles. The zero-order chi connectivity index (χ0) is 12.5. The molecule has 16 heavy (non-hydrogen) atoms. The van der Waals surface area contributed by atoms with Gasteiger partial charge in [0.25, 0.3) is 0 Å². The lowest BCUT2D eigenvalue weighted by Gasteiger charge is -2.12. The van der Waals surface area contributed by atoms with E-state index in [0.717, 1.165) is 23.5 Å². The first-order valence-electron chi connectivity index (χ1n) is 5.69. The molecule has 1 rings (SSSR count). The van der Waals surface area contributed by atoms with E-state index in [1.54, 1.807) is 6.92 Å². The van der Waals surface area contributed by atoms with Crippen molar-refractivity contribution in [2.24, 2.45) is 5.92 Å². The molecule has 1 heterocycles. The van der Waals surface area contributed by atoms with Crippen LogP contribution in [0.2, 0.25) is 0 Å². The predicted octanol–water partition coefficient (Wildman–Crippen LogP) is 3.57. The van der Waals surface area contributed by atoms with E-state index in [9.17, 15) is 4.79 Å². The summed E-state index contributed by atoms with van der Waals surface area (Å²) in [4.78, 5) is 11.9. The minimum Gasteiger partial charge on any atom is -0.348 e. The maximum atomic E-state index is 11.9. The number of nitrogens with zero attached hydrogens (tertiary/aromatic N) is 1. The smallest absolute Gasteiger partial charge is 0.182 e. The maximum Gasteiger partial charge on any atom is 0.182 e. The van der Waals surface area contributed by atoms with E-state index in [2.05, 4.69) is 18.4 Å². The minimum atomic E-state index is -0.451. The molecule has 2 nitrogen and oxygen atoms in total. The fourth-order valence-corrected chi connectivity index (χ4v) is 2.03. The van der Waals surface area contributed by atoms with Crippen molar-refractivity contribution in [1.29, 1.82) is 0 Å². The molecule has 0 N–H and O–H groups in total. The molecule has 1 aromatic rings. The van der Waals surface area contributed by atoms with E-state index in [4.69, 9.17) is 11.6 Å². The van der Waals surface area contributed by atoms with Crippen LogP contribution in [0.5, 0.6) is 0 Å². The number of carbonyl (C=O) groups is 1. The van der Waals surface area contributed by atoms with Crippen LogP contribution in [0.25, 0.3) is 0 Å². The lowest BCUT2D eigenvalue weighted by molar-refractivity contribution is 0.0991. The molecule has 0 aliphatic carbocycles. The van der Waals surface area contributed by atoms with Gasteiger partial charge in [-0.05, 0) is 32.8 Å². The van der Waals surface area contributed by atoms with Crippen LogP contribution in [0.3, 0.4) is 0 Å². The summed E-state index contributed by atoms with van der Waals surface area (Å²) in [5.74, 6) is 0.589. The fourth-order valence-electron chi connectivity index (χ4n) is 1.91. The average Bonchev–Trinajstić information content (AvgIpc) is 2.44. The standard InChI is InChI=1S/C13H20ClNO/c1-8(2)7-15-9(3)6-12(11(15)5)13(16)10(4)14/h6,8,10H,7H2,1-5H3. The van der Waals surface area contributed by atoms with Crippen molar-refractivity contribution >= 4 is 17.4 Å². The number of halogens is 1. The first-order chi connectivity index (χ1) is 7.34. The first-order valence-corrected chi connectivity index (χ1v) is 6.13. The number of aryl methyl sites for hydroxylation is 1. The molecule has 0 spiro atoms. The summed E-state index contributed by atoms with van der Waals surface area (Å²) in [5, 5.41) is -0.451. The molecule has 0 bridgehead atoms. The Hall–Kier alpha value is -0.760. The number of ketones is 1. The van der Waals surface area contributed by atoms with Crippen LogP contribution in [-0.4, -0.2) is 15.7 Å². The Morgan fingerprint density at radius 3 is 2.38 bits per heavy atom. The van der Waals surface area contributed by atoms with E-state index in [1.165, 1.54) is 0 Å². The second kappa shape index (κ2) is 5.05. The van der Waals surface area contributed by atoms with E-state index in [0.29, 0.717) is 5.92 Å². The number of rotatable bonds is 4. The molecule has 0 amide bonds. The Balaban J connectivity index is 3.11. The molecule has 1 aromatic heterocycles. The van der Waals surface area contributed by atoms with Gasteiger partial charge in [-0.3, -0.25) is 4.79 Å². The third-order valence-corrected chi connectivity index (χ3v) is 2.95. The molecule has 3 heteroatoms. The molecular weight excluding hydrogens is 222 g/mol. The summed E-state index contributed by atoms with van der Waals surface area (Å²) >= 11 is 5.84. The van der Waals surface area contributed by atoms with Crippen molar-refractivity contribution in [3.05, 3.63) is 23.0 Å². The van der Waals surface area contributed by atoms with Crippen molar-refractivity contribution in [2.45, 2.75) is 46.5 Å². The summed E-state index contributed by atoms with van der Waals surface area (Å²) in [6.45, 7) is 11.0. The van der Waals surface area contributed by atoms with Gasteiger partial charge in [0.15, 0.2) is 5.78 Å². The van der Waals surface area contributed by atoms with E-state index >= 15 is 0 Å². The molecule has 1 atom stereocenters. The largest absolute Gasteiger partial charge is 0.348 e. The van der Waals surface area contributed by atoms with Crippen LogP contribution in [0.15, 0.2) is 6.07 Å². The third kappa shape index (κ3) is 2.67. The topological polar surface area (TPSA) is 22.0 Å². The van der Waals surface area contributed by atoms with E-state index < -0.39 is 5.38 Å². The lowest BCUT2D eigenvalue weighted by Crippen LogP contribution is -2.13. The summed E-state index contributed by atoms with van der Waals surface area (Å²) in [7, 11) is 0. The highest BCUT2D eigenvalue weighted by Crippen LogP contribution is 2.19. The number of Topliss-reactive ketones (excluding diaryl/α,β-unsaturated/α-hetero) is 1. The zero-order valence-corrected chi connectivity index (χ0v) is 11.4. The van der Waals surface area contributed by atoms with Crippen molar-refractivity contribution in [1.82, 2.24) is 4.57 Å². The second-order valence-electron chi connectivity index (χ2n) is 4.77. The van der Waals surface area contributed by atoms with Gasteiger partial charge >= 0.3 is 0 Å². The van der Waals surface area contributed by atoms with Crippen molar-refractivity contribution < 1.29 is 4.79 Å². The van der Waals surface area contributed by atoms with E-state index in [-0.39, 0.29) is 5.78 Å². The summed E-state index contributed by atoms with van der Waals surface area (Å²) < 4.78 is 2.19. The highest BCUT2D eigenvalue weighted by molar-refractivity contribution is 6.33. The monoisotopic (exact) mass is 241 g/mol. The van der Waals surface area contributed by atoms with Crippen LogP contribution >= 0.6 is 11.6 Å². The molecule has 0 saturated heterocycles. The fraction of sp³-hybridized carbons (Fsp3) is 0.615. The summed E-state index contributed by atoms with van der Waals surface area (Å²) in [6, 6.07) is 1.94. The van der Waals surface area contributed by atoms with Crippen molar-refractivity contribution in [3.63, 3.8) is 0 Å². The second-order valence-corrected chi connectivity index (χ2v) is 5.42.